The summed E-state index contributed by atoms with van der Waals surface area (Å²) in [5, 5.41) is 0.752. The molecule has 2 rings (SSSR count). The van der Waals surface area contributed by atoms with E-state index in [2.05, 4.69) is 11.8 Å². The Balaban J connectivity index is 1.79. The molecule has 0 unspecified atom stereocenters. The van der Waals surface area contributed by atoms with E-state index in [9.17, 15) is 0 Å². The number of nitrogens with zero attached hydrogens (tertiary/aromatic N) is 1. The van der Waals surface area contributed by atoms with Crippen LogP contribution < -0.4 is 4.74 Å². The van der Waals surface area contributed by atoms with Crippen molar-refractivity contribution in [2.75, 3.05) is 19.6 Å². The molecule has 0 spiro atoms. The number of hydrogen-bond donors (Lipinski definition) is 0. The molecule has 1 aliphatic heterocycles. The van der Waals surface area contributed by atoms with Crippen molar-refractivity contribution in [3.8, 4) is 5.75 Å². The monoisotopic (exact) mass is 252 g/mol. The molecule has 1 fully saturated rings. The van der Waals surface area contributed by atoms with Crippen LogP contribution in [0, 0.1) is 6.92 Å². The summed E-state index contributed by atoms with van der Waals surface area (Å²) < 4.78 is 5.94. The summed E-state index contributed by atoms with van der Waals surface area (Å²) in [5.74, 6) is 0.921. The molecule has 1 saturated heterocycles. The van der Waals surface area contributed by atoms with E-state index in [0.29, 0.717) is 6.10 Å². The lowest BCUT2D eigenvalue weighted by Gasteiger charge is -2.31. The number of halogens is 1. The third kappa shape index (κ3) is 3.90. The van der Waals surface area contributed by atoms with Gasteiger partial charge in [-0.3, -0.25) is 0 Å². The Morgan fingerprint density at radius 2 is 1.88 bits per heavy atom. The Labute approximate surface area is 109 Å². The van der Waals surface area contributed by atoms with Crippen LogP contribution >= 0.6 is 11.6 Å². The summed E-state index contributed by atoms with van der Waals surface area (Å²) in [6, 6.07) is 7.61. The van der Waals surface area contributed by atoms with Gasteiger partial charge in [-0.2, -0.15) is 0 Å². The summed E-state index contributed by atoms with van der Waals surface area (Å²) >= 11 is 5.84. The van der Waals surface area contributed by atoms with E-state index in [0.717, 1.165) is 49.7 Å². The van der Waals surface area contributed by atoms with Crippen molar-refractivity contribution in [3.05, 3.63) is 36.2 Å². The largest absolute Gasteiger partial charge is 0.490 e. The van der Waals surface area contributed by atoms with Crippen molar-refractivity contribution in [2.45, 2.75) is 25.4 Å². The van der Waals surface area contributed by atoms with E-state index >= 15 is 0 Å². The first kappa shape index (κ1) is 12.7. The van der Waals surface area contributed by atoms with E-state index < -0.39 is 0 Å². The zero-order valence-corrected chi connectivity index (χ0v) is 10.8. The minimum atomic E-state index is 0.345. The Hall–Kier alpha value is -0.730. The van der Waals surface area contributed by atoms with Crippen LogP contribution in [0.1, 0.15) is 19.3 Å². The predicted octanol–water partition coefficient (Wildman–Crippen LogP) is 3.41. The van der Waals surface area contributed by atoms with E-state index in [1.807, 2.05) is 24.3 Å². The van der Waals surface area contributed by atoms with Gasteiger partial charge < -0.3 is 9.64 Å². The fourth-order valence-electron chi connectivity index (χ4n) is 2.18. The average molecular weight is 253 g/mol. The zero-order valence-electron chi connectivity index (χ0n) is 10.1. The fourth-order valence-corrected chi connectivity index (χ4v) is 2.31. The third-order valence-electron chi connectivity index (χ3n) is 3.13. The molecular formula is C14H19ClNO. The molecule has 0 atom stereocenters. The zero-order chi connectivity index (χ0) is 12.1. The van der Waals surface area contributed by atoms with Gasteiger partial charge in [0.25, 0.3) is 0 Å². The molecule has 0 aromatic heterocycles. The second-order valence-electron chi connectivity index (χ2n) is 4.47. The normalized spacial score (nSPS) is 18.2. The van der Waals surface area contributed by atoms with Crippen LogP contribution in [0.5, 0.6) is 5.75 Å². The van der Waals surface area contributed by atoms with Crippen molar-refractivity contribution in [3.63, 3.8) is 0 Å². The van der Waals surface area contributed by atoms with Gasteiger partial charge in [-0.25, -0.2) is 0 Å². The summed E-state index contributed by atoms with van der Waals surface area (Å²) in [6.45, 7) is 7.23. The second-order valence-corrected chi connectivity index (χ2v) is 4.90. The number of rotatable bonds is 4. The molecule has 0 amide bonds. The van der Waals surface area contributed by atoms with Gasteiger partial charge in [-0.05, 0) is 50.1 Å². The maximum Gasteiger partial charge on any atom is 0.119 e. The molecular weight excluding hydrogens is 234 g/mol. The summed E-state index contributed by atoms with van der Waals surface area (Å²) in [6.07, 6.45) is 3.53. The molecule has 93 valence electrons. The molecule has 2 nitrogen and oxygen atoms in total. The van der Waals surface area contributed by atoms with Crippen molar-refractivity contribution in [1.29, 1.82) is 0 Å². The highest BCUT2D eigenvalue weighted by atomic mass is 35.5. The first-order valence-corrected chi connectivity index (χ1v) is 6.59. The lowest BCUT2D eigenvalue weighted by Crippen LogP contribution is -2.38. The maximum atomic E-state index is 5.94. The lowest BCUT2D eigenvalue weighted by atomic mass is 10.1. The molecule has 1 aromatic rings. The molecule has 0 bridgehead atoms. The molecule has 1 aliphatic rings. The van der Waals surface area contributed by atoms with Gasteiger partial charge in [0.05, 0.1) is 0 Å². The van der Waals surface area contributed by atoms with E-state index in [4.69, 9.17) is 16.3 Å². The van der Waals surface area contributed by atoms with Crippen molar-refractivity contribution < 1.29 is 4.74 Å². The number of likely N-dealkylation sites (tertiary alicyclic amines) is 1. The molecule has 0 N–H and O–H groups in total. The summed E-state index contributed by atoms with van der Waals surface area (Å²) in [5.41, 5.74) is 0. The fraction of sp³-hybridized carbons (Fsp3) is 0.500. The van der Waals surface area contributed by atoms with Crippen molar-refractivity contribution in [2.24, 2.45) is 0 Å². The van der Waals surface area contributed by atoms with Crippen LogP contribution in [-0.4, -0.2) is 30.6 Å². The molecule has 17 heavy (non-hydrogen) atoms. The van der Waals surface area contributed by atoms with Gasteiger partial charge in [-0.15, -0.1) is 0 Å². The van der Waals surface area contributed by atoms with Gasteiger partial charge in [0.15, 0.2) is 0 Å². The first-order valence-electron chi connectivity index (χ1n) is 6.22. The predicted molar refractivity (Wildman–Crippen MR) is 71.5 cm³/mol. The maximum absolute atomic E-state index is 5.94. The molecule has 3 heteroatoms. The second kappa shape index (κ2) is 6.27. The van der Waals surface area contributed by atoms with Crippen molar-refractivity contribution in [1.82, 2.24) is 4.90 Å². The number of piperidine rings is 1. The third-order valence-corrected chi connectivity index (χ3v) is 3.38. The van der Waals surface area contributed by atoms with E-state index in [-0.39, 0.29) is 0 Å². The van der Waals surface area contributed by atoms with E-state index in [1.165, 1.54) is 0 Å². The van der Waals surface area contributed by atoms with Gasteiger partial charge in [0.1, 0.15) is 11.9 Å². The minimum Gasteiger partial charge on any atom is -0.490 e. The van der Waals surface area contributed by atoms with E-state index in [1.54, 1.807) is 0 Å². The van der Waals surface area contributed by atoms with Crippen LogP contribution in [-0.2, 0) is 0 Å². The SMILES string of the molecule is [CH2]CCN1CCC(Oc2ccc(Cl)cc2)CC1. The van der Waals surface area contributed by atoms with Gasteiger partial charge in [0, 0.05) is 18.1 Å². The van der Waals surface area contributed by atoms with Gasteiger partial charge >= 0.3 is 0 Å². The van der Waals surface area contributed by atoms with Gasteiger partial charge in [-0.1, -0.05) is 18.5 Å². The first-order chi connectivity index (χ1) is 8.28. The Morgan fingerprint density at radius 3 is 2.47 bits per heavy atom. The van der Waals surface area contributed by atoms with Crippen molar-refractivity contribution >= 4 is 11.6 Å². The van der Waals surface area contributed by atoms with Crippen LogP contribution in [0.15, 0.2) is 24.3 Å². The van der Waals surface area contributed by atoms with Crippen LogP contribution in [0.2, 0.25) is 5.02 Å². The topological polar surface area (TPSA) is 12.5 Å². The Morgan fingerprint density at radius 1 is 1.24 bits per heavy atom. The molecule has 1 aromatic carbocycles. The van der Waals surface area contributed by atoms with Crippen LogP contribution in [0.25, 0.3) is 0 Å². The van der Waals surface area contributed by atoms with Gasteiger partial charge in [0.2, 0.25) is 0 Å². The lowest BCUT2D eigenvalue weighted by molar-refractivity contribution is 0.102. The number of hydrogen-bond acceptors (Lipinski definition) is 2. The average Bonchev–Trinajstić information content (AvgIpc) is 2.35. The summed E-state index contributed by atoms with van der Waals surface area (Å²) in [4.78, 5) is 2.45. The standard InChI is InChI=1S/C14H19ClNO/c1-2-9-16-10-7-14(8-11-16)17-13-5-3-12(15)4-6-13/h3-6,14H,1-2,7-11H2. The molecule has 1 heterocycles. The molecule has 0 saturated carbocycles. The highest BCUT2D eigenvalue weighted by molar-refractivity contribution is 6.30. The quantitative estimate of drug-likeness (QED) is 0.814. The highest BCUT2D eigenvalue weighted by Crippen LogP contribution is 2.21. The smallest absolute Gasteiger partial charge is 0.119 e. The Kier molecular flexibility index (Phi) is 4.69. The highest BCUT2D eigenvalue weighted by Gasteiger charge is 2.19. The molecule has 1 radical (unpaired) electrons. The number of ether oxygens (including phenoxy) is 1. The molecule has 0 aliphatic carbocycles. The van der Waals surface area contributed by atoms with Crippen LogP contribution in [0.4, 0.5) is 0 Å². The number of benzene rings is 1. The van der Waals surface area contributed by atoms with Crippen LogP contribution in [0.3, 0.4) is 0 Å². The minimum absolute atomic E-state index is 0.345. The Bertz CT molecular complexity index is 331. The summed E-state index contributed by atoms with van der Waals surface area (Å²) in [7, 11) is 0.